The van der Waals surface area contributed by atoms with Gasteiger partial charge in [-0.3, -0.25) is 19.9 Å². The van der Waals surface area contributed by atoms with E-state index < -0.39 is 0 Å². The Bertz CT molecular complexity index is 685. The van der Waals surface area contributed by atoms with Gasteiger partial charge in [-0.15, -0.1) is 5.10 Å². The molecule has 0 saturated carbocycles. The fraction of sp³-hybridized carbons (Fsp3) is 0.529. The fourth-order valence-corrected chi connectivity index (χ4v) is 2.93. The van der Waals surface area contributed by atoms with Gasteiger partial charge in [0, 0.05) is 32.4 Å². The summed E-state index contributed by atoms with van der Waals surface area (Å²) >= 11 is 0. The second-order valence-corrected chi connectivity index (χ2v) is 6.12. The van der Waals surface area contributed by atoms with Gasteiger partial charge in [-0.05, 0) is 18.6 Å². The van der Waals surface area contributed by atoms with Gasteiger partial charge < -0.3 is 10.1 Å². The molecule has 0 aromatic carbocycles. The maximum Gasteiger partial charge on any atom is 0.320 e. The predicted octanol–water partition coefficient (Wildman–Crippen LogP) is 1.28. The molecule has 1 aliphatic heterocycles. The summed E-state index contributed by atoms with van der Waals surface area (Å²) in [6, 6.07) is 5.53. The van der Waals surface area contributed by atoms with Gasteiger partial charge in [0.2, 0.25) is 0 Å². The molecular weight excluding hydrogens is 334 g/mol. The first kappa shape index (κ1) is 18.3. The number of carbonyl (C=O) groups excluding carboxylic acids is 1. The molecule has 0 aliphatic carbocycles. The van der Waals surface area contributed by atoms with Gasteiger partial charge >= 0.3 is 6.03 Å². The van der Waals surface area contributed by atoms with Gasteiger partial charge in [-0.1, -0.05) is 18.2 Å². The van der Waals surface area contributed by atoms with Crippen LogP contribution in [0, 0.1) is 0 Å². The molecule has 9 nitrogen and oxygen atoms in total. The lowest BCUT2D eigenvalue weighted by Gasteiger charge is -2.34. The minimum Gasteiger partial charge on any atom is -0.379 e. The van der Waals surface area contributed by atoms with Crippen LogP contribution in [0.25, 0.3) is 0 Å². The monoisotopic (exact) mass is 359 g/mol. The summed E-state index contributed by atoms with van der Waals surface area (Å²) < 4.78 is 7.14. The molecule has 0 bridgehead atoms. The van der Waals surface area contributed by atoms with E-state index >= 15 is 0 Å². The van der Waals surface area contributed by atoms with E-state index in [2.05, 4.69) is 37.8 Å². The van der Waals surface area contributed by atoms with E-state index in [1.54, 1.807) is 17.1 Å². The average Bonchev–Trinajstić information content (AvgIpc) is 3.11. The first-order valence-corrected chi connectivity index (χ1v) is 8.94. The summed E-state index contributed by atoms with van der Waals surface area (Å²) in [5.41, 5.74) is 0.934. The van der Waals surface area contributed by atoms with Crippen molar-refractivity contribution in [1.82, 2.24) is 30.2 Å². The van der Waals surface area contributed by atoms with Crippen LogP contribution in [0.3, 0.4) is 0 Å². The van der Waals surface area contributed by atoms with Crippen molar-refractivity contribution >= 4 is 11.8 Å². The number of nitrogens with one attached hydrogen (secondary N) is 2. The molecule has 2 N–H and O–H groups in total. The van der Waals surface area contributed by atoms with E-state index in [4.69, 9.17) is 4.74 Å². The second kappa shape index (κ2) is 9.25. The summed E-state index contributed by atoms with van der Waals surface area (Å²) in [5, 5.41) is 13.6. The molecule has 1 aliphatic rings. The molecule has 1 fully saturated rings. The third-order valence-corrected chi connectivity index (χ3v) is 4.20. The van der Waals surface area contributed by atoms with Crippen LogP contribution >= 0.6 is 0 Å². The number of amides is 2. The number of ether oxygens (including phenoxy) is 1. The molecule has 2 amide bonds. The number of hydrogen-bond donors (Lipinski definition) is 2. The van der Waals surface area contributed by atoms with Crippen LogP contribution in [-0.4, -0.2) is 63.8 Å². The third kappa shape index (κ3) is 4.99. The van der Waals surface area contributed by atoms with E-state index in [1.165, 1.54) is 0 Å². The Balaban J connectivity index is 1.58. The van der Waals surface area contributed by atoms with E-state index in [0.29, 0.717) is 25.6 Å². The molecule has 26 heavy (non-hydrogen) atoms. The summed E-state index contributed by atoms with van der Waals surface area (Å²) in [5.74, 6) is 0.441. The first-order chi connectivity index (χ1) is 12.8. The molecule has 1 saturated heterocycles. The van der Waals surface area contributed by atoms with E-state index in [1.807, 2.05) is 18.2 Å². The van der Waals surface area contributed by atoms with Crippen molar-refractivity contribution in [2.24, 2.45) is 0 Å². The van der Waals surface area contributed by atoms with Crippen LogP contribution in [0.5, 0.6) is 0 Å². The highest BCUT2D eigenvalue weighted by Crippen LogP contribution is 2.19. The van der Waals surface area contributed by atoms with Crippen molar-refractivity contribution in [3.8, 4) is 0 Å². The first-order valence-electron chi connectivity index (χ1n) is 8.94. The van der Waals surface area contributed by atoms with Gasteiger partial charge in [0.05, 0.1) is 31.1 Å². The number of carbonyl (C=O) groups is 1. The van der Waals surface area contributed by atoms with E-state index in [0.717, 1.165) is 31.7 Å². The number of hydrogen-bond acceptors (Lipinski definition) is 6. The van der Waals surface area contributed by atoms with Crippen LogP contribution < -0.4 is 10.6 Å². The normalized spacial score (nSPS) is 16.2. The lowest BCUT2D eigenvalue weighted by atomic mass is 10.1. The maximum absolute atomic E-state index is 12.2. The largest absolute Gasteiger partial charge is 0.379 e. The van der Waals surface area contributed by atoms with Gasteiger partial charge in [0.15, 0.2) is 5.82 Å². The van der Waals surface area contributed by atoms with Gasteiger partial charge in [-0.2, -0.15) is 0 Å². The Kier molecular flexibility index (Phi) is 6.50. The quantitative estimate of drug-likeness (QED) is 0.773. The molecule has 0 radical (unpaired) electrons. The lowest BCUT2D eigenvalue weighted by molar-refractivity contribution is 0.0159. The Morgan fingerprint density at radius 1 is 1.35 bits per heavy atom. The highest BCUT2D eigenvalue weighted by molar-refractivity contribution is 5.87. The average molecular weight is 359 g/mol. The van der Waals surface area contributed by atoms with Crippen LogP contribution in [0.2, 0.25) is 0 Å². The molecule has 3 rings (SSSR count). The number of anilines is 1. The van der Waals surface area contributed by atoms with Gasteiger partial charge in [0.1, 0.15) is 0 Å². The zero-order valence-electron chi connectivity index (χ0n) is 15.0. The number of urea groups is 1. The Labute approximate surface area is 152 Å². The van der Waals surface area contributed by atoms with E-state index in [9.17, 15) is 4.79 Å². The molecule has 9 heteroatoms. The van der Waals surface area contributed by atoms with Crippen molar-refractivity contribution in [1.29, 1.82) is 0 Å². The Hall–Kier alpha value is -2.52. The molecule has 140 valence electrons. The van der Waals surface area contributed by atoms with Crippen molar-refractivity contribution in [3.05, 3.63) is 36.3 Å². The summed E-state index contributed by atoms with van der Waals surface area (Å²) in [4.78, 5) is 19.0. The second-order valence-electron chi connectivity index (χ2n) is 6.12. The lowest BCUT2D eigenvalue weighted by Crippen LogP contribution is -2.44. The zero-order valence-corrected chi connectivity index (χ0v) is 15.0. The standard InChI is InChI=1S/C17H25N7O2/c1-2-7-24-13-16(21-22-24)20-17(25)19-12-15(14-5-3-4-6-18-14)23-8-10-26-11-9-23/h3-6,13,15H,2,7-12H2,1H3,(H2,19,20,25)/t15-/m0/s1. The predicted molar refractivity (Wildman–Crippen MR) is 96.7 cm³/mol. The summed E-state index contributed by atoms with van der Waals surface area (Å²) in [6.07, 6.45) is 4.45. The van der Waals surface area contributed by atoms with Crippen LogP contribution in [0.15, 0.2) is 30.6 Å². The van der Waals surface area contributed by atoms with Gasteiger partial charge in [0.25, 0.3) is 0 Å². The SMILES string of the molecule is CCCn1cc(NC(=O)NC[C@@H](c2ccccn2)N2CCOCC2)nn1. The molecule has 0 spiro atoms. The van der Waals surface area contributed by atoms with Crippen molar-refractivity contribution < 1.29 is 9.53 Å². The molecule has 2 aromatic heterocycles. The number of nitrogens with zero attached hydrogens (tertiary/aromatic N) is 5. The topological polar surface area (TPSA) is 97.2 Å². The van der Waals surface area contributed by atoms with Crippen molar-refractivity contribution in [2.45, 2.75) is 25.9 Å². The molecule has 0 unspecified atom stereocenters. The van der Waals surface area contributed by atoms with Crippen LogP contribution in [-0.2, 0) is 11.3 Å². The smallest absolute Gasteiger partial charge is 0.320 e. The van der Waals surface area contributed by atoms with E-state index in [-0.39, 0.29) is 12.1 Å². The van der Waals surface area contributed by atoms with Gasteiger partial charge in [-0.25, -0.2) is 4.79 Å². The molecular formula is C17H25N7O2. The Morgan fingerprint density at radius 3 is 2.92 bits per heavy atom. The van der Waals surface area contributed by atoms with Crippen LogP contribution in [0.4, 0.5) is 10.6 Å². The fourth-order valence-electron chi connectivity index (χ4n) is 2.93. The van der Waals surface area contributed by atoms with Crippen molar-refractivity contribution in [2.75, 3.05) is 38.2 Å². The number of pyridine rings is 1. The third-order valence-electron chi connectivity index (χ3n) is 4.20. The Morgan fingerprint density at radius 2 is 2.19 bits per heavy atom. The summed E-state index contributed by atoms with van der Waals surface area (Å²) in [6.45, 7) is 6.30. The number of aryl methyl sites for hydroxylation is 1. The molecule has 3 heterocycles. The molecule has 1 atom stereocenters. The number of aromatic nitrogens is 4. The van der Waals surface area contributed by atoms with Crippen LogP contribution in [0.1, 0.15) is 25.1 Å². The highest BCUT2D eigenvalue weighted by Gasteiger charge is 2.24. The minimum absolute atomic E-state index is 0.00150. The number of rotatable bonds is 7. The summed E-state index contributed by atoms with van der Waals surface area (Å²) in [7, 11) is 0. The highest BCUT2D eigenvalue weighted by atomic mass is 16.5. The maximum atomic E-state index is 12.2. The van der Waals surface area contributed by atoms with Crippen molar-refractivity contribution in [3.63, 3.8) is 0 Å². The zero-order chi connectivity index (χ0) is 18.2. The molecule has 2 aromatic rings. The minimum atomic E-state index is -0.303. The number of morpholine rings is 1.